The largest absolute Gasteiger partial charge is 0.492 e. The van der Waals surface area contributed by atoms with Crippen molar-refractivity contribution in [2.24, 2.45) is 0 Å². The van der Waals surface area contributed by atoms with Gasteiger partial charge in [-0.25, -0.2) is 21.1 Å². The van der Waals surface area contributed by atoms with Crippen molar-refractivity contribution in [1.29, 1.82) is 0 Å². The zero-order valence-corrected chi connectivity index (χ0v) is 19.5. The molecule has 1 aliphatic heterocycles. The molecule has 1 aliphatic rings. The molecule has 0 saturated carbocycles. The highest BCUT2D eigenvalue weighted by Crippen LogP contribution is 2.35. The normalized spacial score (nSPS) is 16.4. The summed E-state index contributed by atoms with van der Waals surface area (Å²) in [5, 5.41) is 0. The Morgan fingerprint density at radius 2 is 1.81 bits per heavy atom. The van der Waals surface area contributed by atoms with Crippen molar-refractivity contribution >= 4 is 37.3 Å². The number of para-hydroxylation sites is 1. The number of hydrogen-bond donors (Lipinski definition) is 1. The quantitative estimate of drug-likeness (QED) is 0.700. The second-order valence-corrected chi connectivity index (χ2v) is 11.8. The van der Waals surface area contributed by atoms with Gasteiger partial charge in [0.2, 0.25) is 15.9 Å². The number of hydrogen-bond acceptors (Lipinski definition) is 6. The van der Waals surface area contributed by atoms with Crippen molar-refractivity contribution < 1.29 is 26.4 Å². The Balaban J connectivity index is 2.11. The zero-order valence-electron chi connectivity index (χ0n) is 17.9. The number of nitrogens with one attached hydrogen (secondary N) is 1. The molecule has 1 heterocycles. The molecule has 31 heavy (non-hydrogen) atoms. The van der Waals surface area contributed by atoms with Gasteiger partial charge in [-0.3, -0.25) is 9.52 Å². The molecule has 1 fully saturated rings. The van der Waals surface area contributed by atoms with E-state index in [0.717, 1.165) is 11.6 Å². The van der Waals surface area contributed by atoms with Crippen LogP contribution in [0.25, 0.3) is 0 Å². The first-order valence-corrected chi connectivity index (χ1v) is 12.9. The van der Waals surface area contributed by atoms with Gasteiger partial charge < -0.3 is 4.74 Å². The van der Waals surface area contributed by atoms with Gasteiger partial charge in [-0.1, -0.05) is 39.0 Å². The maximum absolute atomic E-state index is 13.3. The minimum absolute atomic E-state index is 0.0320. The minimum atomic E-state index is -4.16. The van der Waals surface area contributed by atoms with Gasteiger partial charge in [-0.15, -0.1) is 0 Å². The van der Waals surface area contributed by atoms with Crippen molar-refractivity contribution in [3.63, 3.8) is 0 Å². The number of carbonyl (C=O) groups is 1. The van der Waals surface area contributed by atoms with E-state index in [-0.39, 0.29) is 40.5 Å². The van der Waals surface area contributed by atoms with E-state index in [9.17, 15) is 21.6 Å². The number of amides is 1. The van der Waals surface area contributed by atoms with E-state index in [1.165, 1.54) is 12.1 Å². The minimum Gasteiger partial charge on any atom is -0.492 e. The lowest BCUT2D eigenvalue weighted by molar-refractivity contribution is -0.116. The molecule has 10 heteroatoms. The van der Waals surface area contributed by atoms with Crippen LogP contribution in [0.3, 0.4) is 0 Å². The average molecular weight is 467 g/mol. The maximum Gasteiger partial charge on any atom is 0.265 e. The molecular formula is C21H26N2O6S2. The van der Waals surface area contributed by atoms with Crippen molar-refractivity contribution in [3.05, 3.63) is 48.0 Å². The van der Waals surface area contributed by atoms with Gasteiger partial charge in [0.05, 0.1) is 23.7 Å². The van der Waals surface area contributed by atoms with E-state index < -0.39 is 26.0 Å². The lowest BCUT2D eigenvalue weighted by Gasteiger charge is -2.24. The number of rotatable bonds is 6. The third-order valence-electron chi connectivity index (χ3n) is 4.81. The molecule has 168 valence electrons. The molecule has 0 aliphatic carbocycles. The Morgan fingerprint density at radius 3 is 2.39 bits per heavy atom. The van der Waals surface area contributed by atoms with Gasteiger partial charge in [0.25, 0.3) is 10.0 Å². The summed E-state index contributed by atoms with van der Waals surface area (Å²) in [7, 11) is -8.00. The van der Waals surface area contributed by atoms with Crippen LogP contribution in [0.15, 0.2) is 47.4 Å². The molecule has 0 radical (unpaired) electrons. The molecule has 0 aromatic heterocycles. The van der Waals surface area contributed by atoms with Gasteiger partial charge in [0.15, 0.2) is 0 Å². The Morgan fingerprint density at radius 1 is 1.13 bits per heavy atom. The lowest BCUT2D eigenvalue weighted by atomic mass is 9.86. The van der Waals surface area contributed by atoms with Crippen molar-refractivity contribution in [2.75, 3.05) is 21.4 Å². The van der Waals surface area contributed by atoms with E-state index in [0.29, 0.717) is 9.99 Å². The molecule has 1 N–H and O–H groups in total. The van der Waals surface area contributed by atoms with Crippen LogP contribution in [0, 0.1) is 0 Å². The number of anilines is 2. The van der Waals surface area contributed by atoms with Gasteiger partial charge >= 0.3 is 0 Å². The molecule has 1 saturated heterocycles. The fourth-order valence-electron chi connectivity index (χ4n) is 3.40. The molecule has 8 nitrogen and oxygen atoms in total. The van der Waals surface area contributed by atoms with Crippen LogP contribution in [-0.4, -0.2) is 35.1 Å². The van der Waals surface area contributed by atoms with Gasteiger partial charge in [0.1, 0.15) is 10.6 Å². The molecular weight excluding hydrogens is 440 g/mol. The first kappa shape index (κ1) is 23.1. The summed E-state index contributed by atoms with van der Waals surface area (Å²) >= 11 is 0. The summed E-state index contributed by atoms with van der Waals surface area (Å²) in [6.07, 6.45) is -0.144. The number of ether oxygens (including phenoxy) is 1. The van der Waals surface area contributed by atoms with E-state index >= 15 is 0 Å². The average Bonchev–Trinajstić information content (AvgIpc) is 2.94. The summed E-state index contributed by atoms with van der Waals surface area (Å²) in [6.45, 7) is 7.82. The van der Waals surface area contributed by atoms with Crippen LogP contribution in [0.1, 0.15) is 39.7 Å². The highest BCUT2D eigenvalue weighted by atomic mass is 32.2. The van der Waals surface area contributed by atoms with Crippen LogP contribution in [-0.2, 0) is 30.3 Å². The maximum atomic E-state index is 13.3. The summed E-state index contributed by atoms with van der Waals surface area (Å²) < 4.78 is 60.0. The van der Waals surface area contributed by atoms with Gasteiger partial charge in [-0.2, -0.15) is 0 Å². The van der Waals surface area contributed by atoms with Crippen LogP contribution < -0.4 is 13.8 Å². The second-order valence-electron chi connectivity index (χ2n) is 8.19. The van der Waals surface area contributed by atoms with E-state index in [4.69, 9.17) is 4.74 Å². The highest BCUT2D eigenvalue weighted by Gasteiger charge is 2.37. The Kier molecular flexibility index (Phi) is 6.07. The fraction of sp³-hybridized carbons (Fsp3) is 0.381. The van der Waals surface area contributed by atoms with E-state index in [1.807, 2.05) is 32.9 Å². The molecule has 3 rings (SSSR count). The third kappa shape index (κ3) is 4.69. The van der Waals surface area contributed by atoms with Crippen LogP contribution in [0.4, 0.5) is 11.4 Å². The summed E-state index contributed by atoms with van der Waals surface area (Å²) in [5.74, 6) is -0.840. The van der Waals surface area contributed by atoms with Crippen molar-refractivity contribution in [1.82, 2.24) is 0 Å². The summed E-state index contributed by atoms with van der Waals surface area (Å²) in [4.78, 5) is 11.9. The van der Waals surface area contributed by atoms with E-state index in [1.54, 1.807) is 19.1 Å². The topological polar surface area (TPSA) is 110 Å². The second kappa shape index (κ2) is 8.16. The Hall–Kier alpha value is -2.59. The molecule has 0 bridgehead atoms. The SMILES string of the molecule is CCOc1ccc(N2C(=O)CCS2(=O)=O)cc1S(=O)(=O)Nc1ccccc1C(C)(C)C. The first-order valence-electron chi connectivity index (χ1n) is 9.82. The standard InChI is InChI=1S/C21H26N2O6S2/c1-5-29-18-11-10-15(23-20(24)12-13-30(23,25)26)14-19(18)31(27,28)22-17-9-7-6-8-16(17)21(2,3)4/h6-11,14,22H,5,12-13H2,1-4H3. The van der Waals surface area contributed by atoms with Gasteiger partial charge in [-0.05, 0) is 42.2 Å². The Bertz CT molecular complexity index is 1210. The number of carbonyl (C=O) groups excluding carboxylic acids is 1. The number of nitrogens with zero attached hydrogens (tertiary/aromatic N) is 1. The summed E-state index contributed by atoms with van der Waals surface area (Å²) in [6, 6.07) is 11.0. The van der Waals surface area contributed by atoms with Crippen LogP contribution >= 0.6 is 0 Å². The molecule has 2 aromatic rings. The molecule has 1 amide bonds. The monoisotopic (exact) mass is 466 g/mol. The number of sulfonamides is 2. The smallest absolute Gasteiger partial charge is 0.265 e. The highest BCUT2D eigenvalue weighted by molar-refractivity contribution is 7.94. The molecule has 0 spiro atoms. The molecule has 0 unspecified atom stereocenters. The third-order valence-corrected chi connectivity index (χ3v) is 7.89. The predicted molar refractivity (Wildman–Crippen MR) is 119 cm³/mol. The molecule has 0 atom stereocenters. The van der Waals surface area contributed by atoms with Crippen LogP contribution in [0.2, 0.25) is 0 Å². The summed E-state index contributed by atoms with van der Waals surface area (Å²) in [5.41, 5.74) is 0.855. The van der Waals surface area contributed by atoms with Gasteiger partial charge in [0, 0.05) is 6.42 Å². The van der Waals surface area contributed by atoms with Crippen molar-refractivity contribution in [2.45, 2.75) is 44.4 Å². The fourth-order valence-corrected chi connectivity index (χ4v) is 6.10. The predicted octanol–water partition coefficient (Wildman–Crippen LogP) is 3.25. The zero-order chi connectivity index (χ0) is 23.0. The lowest BCUT2D eigenvalue weighted by Crippen LogP contribution is -2.29. The van der Waals surface area contributed by atoms with Crippen molar-refractivity contribution in [3.8, 4) is 5.75 Å². The van der Waals surface area contributed by atoms with E-state index in [2.05, 4.69) is 4.72 Å². The molecule has 2 aromatic carbocycles. The number of benzene rings is 2. The Labute approximate surface area is 183 Å². The first-order chi connectivity index (χ1) is 14.4. The van der Waals surface area contributed by atoms with Crippen LogP contribution in [0.5, 0.6) is 5.75 Å².